The minimum absolute atomic E-state index is 0.0504. The first-order chi connectivity index (χ1) is 12.5. The third kappa shape index (κ3) is 5.20. The molecule has 0 atom stereocenters. The summed E-state index contributed by atoms with van der Waals surface area (Å²) >= 11 is 0. The lowest BCUT2D eigenvalue weighted by Gasteiger charge is -2.13. The van der Waals surface area contributed by atoms with Gasteiger partial charge in [0, 0.05) is 24.2 Å². The van der Waals surface area contributed by atoms with Gasteiger partial charge in [-0.3, -0.25) is 14.9 Å². The van der Waals surface area contributed by atoms with Crippen molar-refractivity contribution in [3.63, 3.8) is 0 Å². The standard InChI is InChI=1S/C19H22N2O5/c1-3-11-26-17-10-5-14(12-18(17)25-4-2)13-20-19(22)15-6-8-16(9-7-15)21(23)24/h5-10,12H,3-4,11,13H2,1-2H3,(H,20,22). The molecule has 2 aromatic rings. The second-order valence-electron chi connectivity index (χ2n) is 5.55. The van der Waals surface area contributed by atoms with Crippen LogP contribution < -0.4 is 14.8 Å². The maximum atomic E-state index is 12.2. The zero-order valence-electron chi connectivity index (χ0n) is 14.9. The normalized spacial score (nSPS) is 10.2. The second-order valence-corrected chi connectivity index (χ2v) is 5.55. The predicted octanol–water partition coefficient (Wildman–Crippen LogP) is 3.71. The van der Waals surface area contributed by atoms with E-state index in [2.05, 4.69) is 5.32 Å². The maximum Gasteiger partial charge on any atom is 0.269 e. The molecule has 0 saturated carbocycles. The first-order valence-corrected chi connectivity index (χ1v) is 8.46. The van der Waals surface area contributed by atoms with Crippen LogP contribution in [0, 0.1) is 10.1 Å². The van der Waals surface area contributed by atoms with Crippen LogP contribution in [0.2, 0.25) is 0 Å². The van der Waals surface area contributed by atoms with E-state index in [1.165, 1.54) is 24.3 Å². The van der Waals surface area contributed by atoms with Crippen molar-refractivity contribution < 1.29 is 19.2 Å². The monoisotopic (exact) mass is 358 g/mol. The summed E-state index contributed by atoms with van der Waals surface area (Å²) < 4.78 is 11.3. The summed E-state index contributed by atoms with van der Waals surface area (Å²) in [4.78, 5) is 22.3. The highest BCUT2D eigenvalue weighted by Crippen LogP contribution is 2.28. The van der Waals surface area contributed by atoms with Crippen molar-refractivity contribution in [1.82, 2.24) is 5.32 Å². The van der Waals surface area contributed by atoms with E-state index in [-0.39, 0.29) is 11.6 Å². The molecule has 0 radical (unpaired) electrons. The number of nitro groups is 1. The van der Waals surface area contributed by atoms with Crippen LogP contribution in [-0.4, -0.2) is 24.0 Å². The zero-order chi connectivity index (χ0) is 18.9. The van der Waals surface area contributed by atoms with Gasteiger partial charge >= 0.3 is 0 Å². The molecule has 138 valence electrons. The minimum Gasteiger partial charge on any atom is -0.490 e. The number of ether oxygens (including phenoxy) is 2. The van der Waals surface area contributed by atoms with Gasteiger partial charge < -0.3 is 14.8 Å². The third-order valence-corrected chi connectivity index (χ3v) is 3.56. The SMILES string of the molecule is CCCOc1ccc(CNC(=O)c2ccc([N+](=O)[O-])cc2)cc1OCC. The second kappa shape index (κ2) is 9.41. The summed E-state index contributed by atoms with van der Waals surface area (Å²) in [6.07, 6.45) is 0.901. The fourth-order valence-electron chi connectivity index (χ4n) is 2.28. The zero-order valence-corrected chi connectivity index (χ0v) is 14.9. The summed E-state index contributed by atoms with van der Waals surface area (Å²) in [5, 5.41) is 13.4. The fourth-order valence-corrected chi connectivity index (χ4v) is 2.28. The van der Waals surface area contributed by atoms with Crippen LogP contribution in [0.25, 0.3) is 0 Å². The molecule has 7 heteroatoms. The quantitative estimate of drug-likeness (QED) is 0.545. The smallest absolute Gasteiger partial charge is 0.269 e. The van der Waals surface area contributed by atoms with Crippen molar-refractivity contribution in [3.8, 4) is 11.5 Å². The highest BCUT2D eigenvalue weighted by atomic mass is 16.6. The molecule has 2 rings (SSSR count). The van der Waals surface area contributed by atoms with Crippen LogP contribution in [-0.2, 0) is 6.54 Å². The predicted molar refractivity (Wildman–Crippen MR) is 97.7 cm³/mol. The summed E-state index contributed by atoms with van der Waals surface area (Å²) in [5.74, 6) is 1.02. The first kappa shape index (κ1) is 19.2. The Balaban J connectivity index is 2.02. The molecule has 0 aromatic heterocycles. The number of nitrogens with zero attached hydrogens (tertiary/aromatic N) is 1. The van der Waals surface area contributed by atoms with Crippen molar-refractivity contribution in [2.24, 2.45) is 0 Å². The summed E-state index contributed by atoms with van der Waals surface area (Å²) in [5.41, 5.74) is 1.18. The van der Waals surface area contributed by atoms with Crippen molar-refractivity contribution in [3.05, 3.63) is 63.7 Å². The molecule has 0 unspecified atom stereocenters. The number of non-ortho nitro benzene ring substituents is 1. The Morgan fingerprint density at radius 1 is 1.08 bits per heavy atom. The number of carbonyl (C=O) groups is 1. The molecule has 0 spiro atoms. The van der Waals surface area contributed by atoms with Gasteiger partial charge in [0.2, 0.25) is 0 Å². The van der Waals surface area contributed by atoms with E-state index in [4.69, 9.17) is 9.47 Å². The van der Waals surface area contributed by atoms with E-state index in [1.54, 1.807) is 0 Å². The number of carbonyl (C=O) groups excluding carboxylic acids is 1. The third-order valence-electron chi connectivity index (χ3n) is 3.56. The van der Waals surface area contributed by atoms with Crippen LogP contribution in [0.3, 0.4) is 0 Å². The lowest BCUT2D eigenvalue weighted by Crippen LogP contribution is -2.22. The topological polar surface area (TPSA) is 90.7 Å². The highest BCUT2D eigenvalue weighted by Gasteiger charge is 2.11. The Morgan fingerprint density at radius 3 is 2.42 bits per heavy atom. The lowest BCUT2D eigenvalue weighted by atomic mass is 10.1. The molecule has 0 aliphatic carbocycles. The van der Waals surface area contributed by atoms with E-state index < -0.39 is 4.92 Å². The van der Waals surface area contributed by atoms with Gasteiger partial charge in [-0.25, -0.2) is 0 Å². The molecule has 0 saturated heterocycles. The number of nitrogens with one attached hydrogen (secondary N) is 1. The summed E-state index contributed by atoms with van der Waals surface area (Å²) in [6.45, 7) is 5.36. The Bertz CT molecular complexity index is 759. The van der Waals surface area contributed by atoms with Gasteiger partial charge in [0.25, 0.3) is 11.6 Å². The summed E-state index contributed by atoms with van der Waals surface area (Å²) in [7, 11) is 0. The van der Waals surface area contributed by atoms with Crippen LogP contribution in [0.5, 0.6) is 11.5 Å². The fraction of sp³-hybridized carbons (Fsp3) is 0.316. The summed E-state index contributed by atoms with van der Waals surface area (Å²) in [6, 6.07) is 11.0. The van der Waals surface area contributed by atoms with Gasteiger partial charge in [-0.05, 0) is 43.2 Å². The van der Waals surface area contributed by atoms with Crippen molar-refractivity contribution in [2.45, 2.75) is 26.8 Å². The number of nitro benzene ring substituents is 1. The Labute approximate surface area is 152 Å². The Kier molecular flexibility index (Phi) is 6.96. The van der Waals surface area contributed by atoms with Gasteiger partial charge in [-0.2, -0.15) is 0 Å². The molecule has 0 fully saturated rings. The van der Waals surface area contributed by atoms with Crippen LogP contribution >= 0.6 is 0 Å². The molecule has 1 N–H and O–H groups in total. The number of rotatable bonds is 9. The van der Waals surface area contributed by atoms with E-state index in [0.29, 0.717) is 36.8 Å². The van der Waals surface area contributed by atoms with Gasteiger partial charge in [0.15, 0.2) is 11.5 Å². The lowest BCUT2D eigenvalue weighted by molar-refractivity contribution is -0.384. The molecule has 0 aliphatic heterocycles. The molecule has 0 aliphatic rings. The van der Waals surface area contributed by atoms with Gasteiger partial charge in [-0.1, -0.05) is 13.0 Å². The van der Waals surface area contributed by atoms with Gasteiger partial charge in [0.05, 0.1) is 18.1 Å². The highest BCUT2D eigenvalue weighted by molar-refractivity contribution is 5.94. The van der Waals surface area contributed by atoms with Crippen molar-refractivity contribution in [1.29, 1.82) is 0 Å². The molecular weight excluding hydrogens is 336 g/mol. The first-order valence-electron chi connectivity index (χ1n) is 8.46. The molecule has 2 aromatic carbocycles. The van der Waals surface area contributed by atoms with Crippen LogP contribution in [0.4, 0.5) is 5.69 Å². The Hall–Kier alpha value is -3.09. The number of benzene rings is 2. The molecule has 7 nitrogen and oxygen atoms in total. The number of hydrogen-bond acceptors (Lipinski definition) is 5. The Morgan fingerprint density at radius 2 is 1.81 bits per heavy atom. The molecular formula is C19H22N2O5. The van der Waals surface area contributed by atoms with Crippen molar-refractivity contribution >= 4 is 11.6 Å². The largest absolute Gasteiger partial charge is 0.490 e. The van der Waals surface area contributed by atoms with Crippen LogP contribution in [0.15, 0.2) is 42.5 Å². The van der Waals surface area contributed by atoms with E-state index >= 15 is 0 Å². The molecule has 1 amide bonds. The average Bonchev–Trinajstić information content (AvgIpc) is 2.65. The average molecular weight is 358 g/mol. The maximum absolute atomic E-state index is 12.2. The van der Waals surface area contributed by atoms with Crippen LogP contribution in [0.1, 0.15) is 36.2 Å². The van der Waals surface area contributed by atoms with Crippen molar-refractivity contribution in [2.75, 3.05) is 13.2 Å². The molecule has 0 heterocycles. The van der Waals surface area contributed by atoms with E-state index in [1.807, 2.05) is 32.0 Å². The van der Waals surface area contributed by atoms with E-state index in [9.17, 15) is 14.9 Å². The number of hydrogen-bond donors (Lipinski definition) is 1. The molecule has 0 bridgehead atoms. The van der Waals surface area contributed by atoms with Gasteiger partial charge in [0.1, 0.15) is 0 Å². The van der Waals surface area contributed by atoms with E-state index in [0.717, 1.165) is 12.0 Å². The van der Waals surface area contributed by atoms with Gasteiger partial charge in [-0.15, -0.1) is 0 Å². The minimum atomic E-state index is -0.501. The number of amides is 1. The molecule has 26 heavy (non-hydrogen) atoms.